The van der Waals surface area contributed by atoms with Gasteiger partial charge in [0.2, 0.25) is 0 Å². The topological polar surface area (TPSA) is 43.4 Å². The van der Waals surface area contributed by atoms with Crippen molar-refractivity contribution in [3.05, 3.63) is 53.6 Å². The summed E-state index contributed by atoms with van der Waals surface area (Å²) in [5.41, 5.74) is 4.80. The minimum Gasteiger partial charge on any atom is -0.490 e. The van der Waals surface area contributed by atoms with Crippen LogP contribution >= 0.6 is 0 Å². The van der Waals surface area contributed by atoms with Gasteiger partial charge in [0, 0.05) is 0 Å². The molecule has 0 spiro atoms. The highest BCUT2D eigenvalue weighted by Gasteiger charge is 2.25. The van der Waals surface area contributed by atoms with Crippen LogP contribution < -0.4 is 4.74 Å². The lowest BCUT2D eigenvalue weighted by Crippen LogP contribution is -2.30. The van der Waals surface area contributed by atoms with Crippen LogP contribution in [-0.4, -0.2) is 26.0 Å². The van der Waals surface area contributed by atoms with Crippen molar-refractivity contribution in [3.63, 3.8) is 0 Å². The average Bonchev–Trinajstić information content (AvgIpc) is 2.50. The highest BCUT2D eigenvalue weighted by atomic mass is 32.2. The van der Waals surface area contributed by atoms with Crippen LogP contribution in [-0.2, 0) is 9.84 Å². The molecule has 23 heavy (non-hydrogen) atoms. The SMILES string of the molecule is Cc1cc(OC2CCS(=O)(=O)CC2)cc(C)c1-c1ccccc1. The maximum Gasteiger partial charge on any atom is 0.150 e. The summed E-state index contributed by atoms with van der Waals surface area (Å²) in [6, 6.07) is 14.4. The van der Waals surface area contributed by atoms with E-state index in [0.29, 0.717) is 12.8 Å². The second kappa shape index (κ2) is 6.36. The second-order valence-corrected chi connectivity index (χ2v) is 8.57. The summed E-state index contributed by atoms with van der Waals surface area (Å²) in [6.07, 6.45) is 1.17. The van der Waals surface area contributed by atoms with E-state index in [0.717, 1.165) is 5.75 Å². The Hall–Kier alpha value is -1.81. The van der Waals surface area contributed by atoms with Crippen molar-refractivity contribution in [3.8, 4) is 16.9 Å². The molecule has 122 valence electrons. The largest absolute Gasteiger partial charge is 0.490 e. The first-order chi connectivity index (χ1) is 10.9. The quantitative estimate of drug-likeness (QED) is 0.856. The zero-order valence-electron chi connectivity index (χ0n) is 13.6. The zero-order chi connectivity index (χ0) is 16.4. The predicted molar refractivity (Wildman–Crippen MR) is 93.7 cm³/mol. The van der Waals surface area contributed by atoms with E-state index in [1.165, 1.54) is 22.3 Å². The smallest absolute Gasteiger partial charge is 0.150 e. The number of aryl methyl sites for hydroxylation is 2. The van der Waals surface area contributed by atoms with Crippen molar-refractivity contribution >= 4 is 9.84 Å². The Labute approximate surface area is 138 Å². The Morgan fingerprint density at radius 3 is 2.09 bits per heavy atom. The molecule has 1 aliphatic rings. The van der Waals surface area contributed by atoms with Gasteiger partial charge in [-0.3, -0.25) is 0 Å². The Bertz CT molecular complexity index is 758. The summed E-state index contributed by atoms with van der Waals surface area (Å²) in [5, 5.41) is 0. The molecule has 0 aliphatic carbocycles. The summed E-state index contributed by atoms with van der Waals surface area (Å²) >= 11 is 0. The molecule has 0 unspecified atom stereocenters. The van der Waals surface area contributed by atoms with Crippen LogP contribution in [0.15, 0.2) is 42.5 Å². The third-order valence-electron chi connectivity index (χ3n) is 4.37. The highest BCUT2D eigenvalue weighted by Crippen LogP contribution is 2.32. The van der Waals surface area contributed by atoms with Gasteiger partial charge in [-0.2, -0.15) is 0 Å². The Morgan fingerprint density at radius 1 is 0.957 bits per heavy atom. The first kappa shape index (κ1) is 16.1. The fourth-order valence-corrected chi connectivity index (χ4v) is 4.68. The van der Waals surface area contributed by atoms with Crippen LogP contribution in [0.25, 0.3) is 11.1 Å². The van der Waals surface area contributed by atoms with E-state index < -0.39 is 9.84 Å². The van der Waals surface area contributed by atoms with Crippen molar-refractivity contribution < 1.29 is 13.2 Å². The fourth-order valence-electron chi connectivity index (χ4n) is 3.23. The van der Waals surface area contributed by atoms with E-state index >= 15 is 0 Å². The Kier molecular flexibility index (Phi) is 4.44. The maximum atomic E-state index is 11.5. The molecule has 0 bridgehead atoms. The van der Waals surface area contributed by atoms with E-state index in [1.807, 2.05) is 18.2 Å². The van der Waals surface area contributed by atoms with Crippen LogP contribution in [0.4, 0.5) is 0 Å². The predicted octanol–water partition coefficient (Wildman–Crippen LogP) is 3.93. The molecule has 0 atom stereocenters. The van der Waals surface area contributed by atoms with Gasteiger partial charge in [0.1, 0.15) is 11.9 Å². The minimum atomic E-state index is -2.85. The molecule has 4 heteroatoms. The van der Waals surface area contributed by atoms with Gasteiger partial charge < -0.3 is 4.74 Å². The number of hydrogen-bond donors (Lipinski definition) is 0. The lowest BCUT2D eigenvalue weighted by Gasteiger charge is -2.24. The molecule has 0 radical (unpaired) electrons. The molecule has 1 heterocycles. The Balaban J connectivity index is 1.81. The van der Waals surface area contributed by atoms with Gasteiger partial charge in [-0.1, -0.05) is 30.3 Å². The van der Waals surface area contributed by atoms with Gasteiger partial charge >= 0.3 is 0 Å². The van der Waals surface area contributed by atoms with Crippen molar-refractivity contribution in [2.75, 3.05) is 11.5 Å². The maximum absolute atomic E-state index is 11.5. The summed E-state index contributed by atoms with van der Waals surface area (Å²) in [5.74, 6) is 1.30. The van der Waals surface area contributed by atoms with E-state index in [4.69, 9.17) is 4.74 Å². The lowest BCUT2D eigenvalue weighted by atomic mass is 9.95. The molecule has 0 N–H and O–H groups in total. The standard InChI is InChI=1S/C19H22O3S/c1-14-12-18(22-17-8-10-23(20,21)11-9-17)13-15(2)19(14)16-6-4-3-5-7-16/h3-7,12-13,17H,8-11H2,1-2H3. The molecule has 0 saturated carbocycles. The van der Waals surface area contributed by atoms with Crippen molar-refractivity contribution in [2.24, 2.45) is 0 Å². The van der Waals surface area contributed by atoms with Crippen molar-refractivity contribution in [2.45, 2.75) is 32.8 Å². The van der Waals surface area contributed by atoms with E-state index in [-0.39, 0.29) is 17.6 Å². The first-order valence-electron chi connectivity index (χ1n) is 7.98. The lowest BCUT2D eigenvalue weighted by molar-refractivity contribution is 0.189. The van der Waals surface area contributed by atoms with Crippen LogP contribution in [0.5, 0.6) is 5.75 Å². The van der Waals surface area contributed by atoms with Crippen molar-refractivity contribution in [1.29, 1.82) is 0 Å². The molecule has 2 aromatic rings. The van der Waals surface area contributed by atoms with Gasteiger partial charge in [0.25, 0.3) is 0 Å². The molecule has 3 nitrogen and oxygen atoms in total. The zero-order valence-corrected chi connectivity index (χ0v) is 14.4. The second-order valence-electron chi connectivity index (χ2n) is 6.27. The molecular formula is C19H22O3S. The molecule has 1 aliphatic heterocycles. The minimum absolute atomic E-state index is 0.0000923. The summed E-state index contributed by atoms with van der Waals surface area (Å²) in [7, 11) is -2.85. The summed E-state index contributed by atoms with van der Waals surface area (Å²) in [6.45, 7) is 4.18. The van der Waals surface area contributed by atoms with Crippen LogP contribution in [0, 0.1) is 13.8 Å². The normalized spacial score (nSPS) is 17.8. The molecular weight excluding hydrogens is 308 g/mol. The van der Waals surface area contributed by atoms with Gasteiger partial charge in [-0.25, -0.2) is 8.42 Å². The van der Waals surface area contributed by atoms with Crippen LogP contribution in [0.1, 0.15) is 24.0 Å². The number of benzene rings is 2. The molecule has 0 amide bonds. The van der Waals surface area contributed by atoms with Crippen LogP contribution in [0.3, 0.4) is 0 Å². The number of hydrogen-bond acceptors (Lipinski definition) is 3. The summed E-state index contributed by atoms with van der Waals surface area (Å²) in [4.78, 5) is 0. The molecule has 2 aromatic carbocycles. The fraction of sp³-hybridized carbons (Fsp3) is 0.368. The monoisotopic (exact) mass is 330 g/mol. The summed E-state index contributed by atoms with van der Waals surface area (Å²) < 4.78 is 29.0. The number of ether oxygens (including phenoxy) is 1. The van der Waals surface area contributed by atoms with Crippen LogP contribution in [0.2, 0.25) is 0 Å². The van der Waals surface area contributed by atoms with Crippen molar-refractivity contribution in [1.82, 2.24) is 0 Å². The third-order valence-corrected chi connectivity index (χ3v) is 6.09. The number of sulfone groups is 1. The van der Waals surface area contributed by atoms with E-state index in [2.05, 4.69) is 38.1 Å². The van der Waals surface area contributed by atoms with Gasteiger partial charge in [0.05, 0.1) is 11.5 Å². The molecule has 1 saturated heterocycles. The third kappa shape index (κ3) is 3.75. The Morgan fingerprint density at radius 2 is 1.52 bits per heavy atom. The van der Waals surface area contributed by atoms with E-state index in [9.17, 15) is 8.42 Å². The van der Waals surface area contributed by atoms with E-state index in [1.54, 1.807) is 0 Å². The molecule has 1 fully saturated rings. The van der Waals surface area contributed by atoms with Gasteiger partial charge in [0.15, 0.2) is 9.84 Å². The average molecular weight is 330 g/mol. The van der Waals surface area contributed by atoms with Gasteiger partial charge in [-0.15, -0.1) is 0 Å². The first-order valence-corrected chi connectivity index (χ1v) is 9.80. The number of rotatable bonds is 3. The van der Waals surface area contributed by atoms with Gasteiger partial charge in [-0.05, 0) is 61.1 Å². The molecule has 3 rings (SSSR count). The highest BCUT2D eigenvalue weighted by molar-refractivity contribution is 7.91. The molecule has 0 aromatic heterocycles.